The lowest BCUT2D eigenvalue weighted by atomic mass is 10.3. The van der Waals surface area contributed by atoms with Crippen LogP contribution in [0, 0.1) is 0 Å². The maximum absolute atomic E-state index is 12.5. The van der Waals surface area contributed by atoms with Crippen LogP contribution >= 0.6 is 11.3 Å². The topological polar surface area (TPSA) is 153 Å². The second-order valence-corrected chi connectivity index (χ2v) is 11.8. The molecule has 3 aromatic rings. The van der Waals surface area contributed by atoms with Crippen LogP contribution < -0.4 is 10.0 Å². The summed E-state index contributed by atoms with van der Waals surface area (Å²) in [6.07, 6.45) is 0.250. The van der Waals surface area contributed by atoms with E-state index in [1.165, 1.54) is 40.4 Å². The van der Waals surface area contributed by atoms with Gasteiger partial charge in [-0.15, -0.1) is 21.5 Å². The minimum Gasteiger partial charge on any atom is -0.324 e. The predicted molar refractivity (Wildman–Crippen MR) is 114 cm³/mol. The highest BCUT2D eigenvalue weighted by atomic mass is 32.2. The zero-order chi connectivity index (χ0) is 22.1. The fourth-order valence-electron chi connectivity index (χ4n) is 3.04. The van der Waals surface area contributed by atoms with Gasteiger partial charge in [0.1, 0.15) is 6.54 Å². The lowest BCUT2D eigenvalue weighted by molar-refractivity contribution is -0.117. The number of carbonyl (C=O) groups is 1. The molecule has 0 spiro atoms. The van der Waals surface area contributed by atoms with Crippen molar-refractivity contribution in [3.8, 4) is 10.7 Å². The molecule has 2 aromatic heterocycles. The van der Waals surface area contributed by atoms with Crippen molar-refractivity contribution < 1.29 is 21.6 Å². The Morgan fingerprint density at radius 2 is 2.00 bits per heavy atom. The van der Waals surface area contributed by atoms with Gasteiger partial charge in [-0.25, -0.2) is 21.6 Å². The van der Waals surface area contributed by atoms with Crippen LogP contribution in [0.25, 0.3) is 10.7 Å². The van der Waals surface area contributed by atoms with Crippen molar-refractivity contribution in [3.05, 3.63) is 41.8 Å². The Bertz CT molecular complexity index is 1280. The van der Waals surface area contributed by atoms with E-state index >= 15 is 0 Å². The first-order chi connectivity index (χ1) is 14.7. The third-order valence-electron chi connectivity index (χ3n) is 4.48. The van der Waals surface area contributed by atoms with E-state index in [-0.39, 0.29) is 29.4 Å². The smallest absolute Gasteiger partial charge is 0.248 e. The molecule has 0 radical (unpaired) electrons. The number of nitrogens with one attached hydrogen (secondary N) is 2. The van der Waals surface area contributed by atoms with Gasteiger partial charge < -0.3 is 5.32 Å². The molecule has 31 heavy (non-hydrogen) atoms. The molecule has 1 aliphatic heterocycles. The van der Waals surface area contributed by atoms with Gasteiger partial charge in [-0.3, -0.25) is 4.79 Å². The standard InChI is InChI=1S/C17H18N6O5S3/c24-16(10-23-20-17(19-22-23)15-2-1-8-29-15)18-12-3-5-14(6-4-12)31(27,28)21-13-7-9-30(25,26)11-13/h1-6,8,13,21H,7,9-11H2,(H,18,24)/t13-/m0/s1. The minimum absolute atomic E-state index is 0.0201. The maximum Gasteiger partial charge on any atom is 0.248 e. The van der Waals surface area contributed by atoms with Crippen LogP contribution in [0.5, 0.6) is 0 Å². The molecule has 1 fully saturated rings. The number of rotatable bonds is 7. The lowest BCUT2D eigenvalue weighted by Crippen LogP contribution is -2.35. The first kappa shape index (κ1) is 21.5. The highest BCUT2D eigenvalue weighted by molar-refractivity contribution is 7.92. The molecular formula is C17H18N6O5S3. The molecule has 4 rings (SSSR count). The number of hydrogen-bond acceptors (Lipinski definition) is 9. The molecule has 1 aliphatic rings. The Balaban J connectivity index is 1.35. The van der Waals surface area contributed by atoms with Crippen molar-refractivity contribution in [2.75, 3.05) is 16.8 Å². The van der Waals surface area contributed by atoms with Gasteiger partial charge in [-0.1, -0.05) is 6.07 Å². The summed E-state index contributed by atoms with van der Waals surface area (Å²) in [5.41, 5.74) is 0.394. The fourth-order valence-corrected chi connectivity index (χ4v) is 6.73. The third kappa shape index (κ3) is 5.33. The normalized spacial score (nSPS) is 18.1. The molecule has 1 atom stereocenters. The van der Waals surface area contributed by atoms with Crippen LogP contribution in [0.4, 0.5) is 5.69 Å². The average molecular weight is 483 g/mol. The molecule has 1 amide bonds. The van der Waals surface area contributed by atoms with Gasteiger partial charge in [-0.05, 0) is 47.3 Å². The molecular weight excluding hydrogens is 464 g/mol. The van der Waals surface area contributed by atoms with E-state index in [0.29, 0.717) is 11.5 Å². The zero-order valence-corrected chi connectivity index (χ0v) is 18.5. The number of hydrogen-bond donors (Lipinski definition) is 2. The second kappa shape index (κ2) is 8.45. The number of tetrazole rings is 1. The highest BCUT2D eigenvalue weighted by Crippen LogP contribution is 2.20. The maximum atomic E-state index is 12.5. The Morgan fingerprint density at radius 3 is 2.65 bits per heavy atom. The molecule has 1 saturated heterocycles. The Hall–Kier alpha value is -2.68. The van der Waals surface area contributed by atoms with Crippen LogP contribution in [0.2, 0.25) is 0 Å². The number of benzene rings is 1. The van der Waals surface area contributed by atoms with E-state index in [1.807, 2.05) is 17.5 Å². The molecule has 0 bridgehead atoms. The van der Waals surface area contributed by atoms with Gasteiger partial charge >= 0.3 is 0 Å². The van der Waals surface area contributed by atoms with Crippen LogP contribution in [-0.2, 0) is 31.2 Å². The lowest BCUT2D eigenvalue weighted by Gasteiger charge is -2.12. The van der Waals surface area contributed by atoms with Gasteiger partial charge in [0, 0.05) is 11.7 Å². The number of anilines is 1. The van der Waals surface area contributed by atoms with Crippen molar-refractivity contribution in [2.45, 2.75) is 23.9 Å². The van der Waals surface area contributed by atoms with Gasteiger partial charge in [0.25, 0.3) is 0 Å². The molecule has 3 heterocycles. The van der Waals surface area contributed by atoms with Crippen molar-refractivity contribution >= 4 is 42.8 Å². The summed E-state index contributed by atoms with van der Waals surface area (Å²) < 4.78 is 50.3. The number of thiophene rings is 1. The van der Waals surface area contributed by atoms with Gasteiger partial charge in [0.15, 0.2) is 9.84 Å². The van der Waals surface area contributed by atoms with E-state index in [0.717, 1.165) is 4.88 Å². The van der Waals surface area contributed by atoms with E-state index in [9.17, 15) is 21.6 Å². The number of amides is 1. The van der Waals surface area contributed by atoms with Gasteiger partial charge in [0.05, 0.1) is 21.3 Å². The van der Waals surface area contributed by atoms with Crippen molar-refractivity contribution in [1.82, 2.24) is 24.9 Å². The number of carbonyl (C=O) groups excluding carboxylic acids is 1. The third-order valence-corrected chi connectivity index (χ3v) is 8.65. The zero-order valence-electron chi connectivity index (χ0n) is 16.0. The largest absolute Gasteiger partial charge is 0.324 e. The Kier molecular flexibility index (Phi) is 5.88. The molecule has 164 valence electrons. The van der Waals surface area contributed by atoms with Crippen molar-refractivity contribution in [2.24, 2.45) is 0 Å². The van der Waals surface area contributed by atoms with Crippen LogP contribution in [0.1, 0.15) is 6.42 Å². The van der Waals surface area contributed by atoms with Crippen molar-refractivity contribution in [3.63, 3.8) is 0 Å². The SMILES string of the molecule is O=C(Cn1nnc(-c2cccs2)n1)Nc1ccc(S(=O)(=O)N[C@H]2CCS(=O)(=O)C2)cc1. The summed E-state index contributed by atoms with van der Waals surface area (Å²) in [7, 11) is -7.06. The molecule has 11 nitrogen and oxygen atoms in total. The van der Waals surface area contributed by atoms with Gasteiger partial charge in [0.2, 0.25) is 21.8 Å². The van der Waals surface area contributed by atoms with Crippen LogP contribution in [-0.4, -0.2) is 60.5 Å². The highest BCUT2D eigenvalue weighted by Gasteiger charge is 2.31. The van der Waals surface area contributed by atoms with Crippen LogP contribution in [0.3, 0.4) is 0 Å². The monoisotopic (exact) mass is 482 g/mol. The summed E-state index contributed by atoms with van der Waals surface area (Å²) in [4.78, 5) is 14.2. The predicted octanol–water partition coefficient (Wildman–Crippen LogP) is 0.506. The van der Waals surface area contributed by atoms with E-state index in [2.05, 4.69) is 25.4 Å². The first-order valence-corrected chi connectivity index (χ1v) is 13.3. The molecule has 14 heteroatoms. The van der Waals surface area contributed by atoms with Crippen LogP contribution in [0.15, 0.2) is 46.7 Å². The fraction of sp³-hybridized carbons (Fsp3) is 0.294. The first-order valence-electron chi connectivity index (χ1n) is 9.15. The van der Waals surface area contributed by atoms with E-state index in [1.54, 1.807) is 0 Å². The molecule has 2 N–H and O–H groups in total. The molecule has 0 unspecified atom stereocenters. The number of nitrogens with zero attached hydrogens (tertiary/aromatic N) is 4. The molecule has 0 aliphatic carbocycles. The summed E-state index contributed by atoms with van der Waals surface area (Å²) >= 11 is 1.46. The number of sulfonamides is 1. The molecule has 1 aromatic carbocycles. The van der Waals surface area contributed by atoms with Gasteiger partial charge in [-0.2, -0.15) is 4.80 Å². The quantitative estimate of drug-likeness (QED) is 0.494. The van der Waals surface area contributed by atoms with Crippen molar-refractivity contribution in [1.29, 1.82) is 0 Å². The average Bonchev–Trinajstić information content (AvgIpc) is 3.43. The Morgan fingerprint density at radius 1 is 1.23 bits per heavy atom. The Labute approximate surface area is 182 Å². The van der Waals surface area contributed by atoms with E-state index in [4.69, 9.17) is 0 Å². The summed E-state index contributed by atoms with van der Waals surface area (Å²) in [5, 5.41) is 16.4. The summed E-state index contributed by atoms with van der Waals surface area (Å²) in [6.45, 7) is -0.157. The number of sulfone groups is 1. The van der Waals surface area contributed by atoms with E-state index < -0.39 is 31.8 Å². The summed E-state index contributed by atoms with van der Waals surface area (Å²) in [5.74, 6) is -0.203. The molecule has 0 saturated carbocycles. The minimum atomic E-state index is -3.87. The second-order valence-electron chi connectivity index (χ2n) is 6.91. The number of aromatic nitrogens is 4. The summed E-state index contributed by atoms with van der Waals surface area (Å²) in [6, 6.07) is 8.65.